The van der Waals surface area contributed by atoms with Crippen molar-refractivity contribution in [3.05, 3.63) is 23.4 Å². The van der Waals surface area contributed by atoms with E-state index in [2.05, 4.69) is 24.4 Å². The molecule has 1 aromatic heterocycles. The molecule has 0 spiro atoms. The van der Waals surface area contributed by atoms with Crippen LogP contribution in [0.3, 0.4) is 0 Å². The first-order valence-electron chi connectivity index (χ1n) is 9.58. The SMILES string of the molecule is CC[C@H]1CCC(CCCCCc2ccc3c(n2)NCCC3)C1. The molecule has 2 nitrogen and oxygen atoms in total. The third-order valence-electron chi connectivity index (χ3n) is 5.72. The zero-order valence-electron chi connectivity index (χ0n) is 14.2. The van der Waals surface area contributed by atoms with Crippen LogP contribution in [0.1, 0.15) is 76.0 Å². The van der Waals surface area contributed by atoms with E-state index in [9.17, 15) is 0 Å². The zero-order chi connectivity index (χ0) is 15.2. The van der Waals surface area contributed by atoms with Crippen molar-refractivity contribution in [2.24, 2.45) is 11.8 Å². The van der Waals surface area contributed by atoms with Crippen LogP contribution in [-0.2, 0) is 12.8 Å². The molecule has 0 bridgehead atoms. The molecule has 1 aliphatic carbocycles. The Balaban J connectivity index is 1.33. The van der Waals surface area contributed by atoms with Gasteiger partial charge in [-0.3, -0.25) is 0 Å². The second-order valence-electron chi connectivity index (χ2n) is 7.39. The molecule has 1 saturated carbocycles. The highest BCUT2D eigenvalue weighted by molar-refractivity contribution is 5.46. The standard InChI is InChI=1S/C20H32N2/c1-2-16-10-11-17(15-16)7-4-3-5-9-19-13-12-18-8-6-14-21-20(18)22-19/h12-13,16-17H,2-11,14-15H2,1H3,(H,21,22)/t16-,17?/m0/s1. The largest absolute Gasteiger partial charge is 0.370 e. The van der Waals surface area contributed by atoms with Gasteiger partial charge in [-0.2, -0.15) is 0 Å². The van der Waals surface area contributed by atoms with Crippen LogP contribution in [0.15, 0.2) is 12.1 Å². The topological polar surface area (TPSA) is 24.9 Å². The second kappa shape index (κ2) is 7.99. The van der Waals surface area contributed by atoms with Gasteiger partial charge in [0.25, 0.3) is 0 Å². The second-order valence-corrected chi connectivity index (χ2v) is 7.39. The van der Waals surface area contributed by atoms with E-state index < -0.39 is 0 Å². The maximum Gasteiger partial charge on any atom is 0.129 e. The molecule has 3 rings (SSSR count). The normalized spacial score (nSPS) is 24.0. The molecule has 2 atom stereocenters. The molecular formula is C20H32N2. The molecule has 0 radical (unpaired) electrons. The number of hydrogen-bond donors (Lipinski definition) is 1. The summed E-state index contributed by atoms with van der Waals surface area (Å²) < 4.78 is 0. The maximum absolute atomic E-state index is 4.80. The van der Waals surface area contributed by atoms with Gasteiger partial charge < -0.3 is 5.32 Å². The van der Waals surface area contributed by atoms with Gasteiger partial charge in [-0.25, -0.2) is 4.98 Å². The molecule has 1 N–H and O–H groups in total. The van der Waals surface area contributed by atoms with E-state index >= 15 is 0 Å². The summed E-state index contributed by atoms with van der Waals surface area (Å²) in [5, 5.41) is 3.44. The van der Waals surface area contributed by atoms with E-state index in [4.69, 9.17) is 4.98 Å². The van der Waals surface area contributed by atoms with E-state index in [1.165, 1.54) is 75.5 Å². The number of aryl methyl sites for hydroxylation is 2. The van der Waals surface area contributed by atoms with Crippen LogP contribution >= 0.6 is 0 Å². The van der Waals surface area contributed by atoms with E-state index in [1.807, 2.05) is 0 Å². The van der Waals surface area contributed by atoms with Crippen molar-refractivity contribution in [2.45, 2.75) is 77.6 Å². The fourth-order valence-corrected chi connectivity index (χ4v) is 4.24. The average molecular weight is 300 g/mol. The summed E-state index contributed by atoms with van der Waals surface area (Å²) in [6, 6.07) is 4.53. The Labute approximate surface area is 136 Å². The molecule has 1 unspecified atom stereocenters. The summed E-state index contributed by atoms with van der Waals surface area (Å²) in [6.07, 6.45) is 15.0. The van der Waals surface area contributed by atoms with Gasteiger partial charge in [0.2, 0.25) is 0 Å². The number of hydrogen-bond acceptors (Lipinski definition) is 2. The van der Waals surface area contributed by atoms with Gasteiger partial charge >= 0.3 is 0 Å². The zero-order valence-corrected chi connectivity index (χ0v) is 14.2. The van der Waals surface area contributed by atoms with Crippen LogP contribution in [0.4, 0.5) is 5.82 Å². The summed E-state index contributed by atoms with van der Waals surface area (Å²) in [7, 11) is 0. The van der Waals surface area contributed by atoms with Gasteiger partial charge in [-0.1, -0.05) is 51.5 Å². The minimum atomic E-state index is 1.04. The van der Waals surface area contributed by atoms with Crippen molar-refractivity contribution in [1.82, 2.24) is 4.98 Å². The van der Waals surface area contributed by atoms with Crippen molar-refractivity contribution in [3.8, 4) is 0 Å². The van der Waals surface area contributed by atoms with Gasteiger partial charge in [-0.15, -0.1) is 0 Å². The highest BCUT2D eigenvalue weighted by atomic mass is 15.0. The number of nitrogens with one attached hydrogen (secondary N) is 1. The summed E-state index contributed by atoms with van der Waals surface area (Å²) in [5.74, 6) is 3.23. The first kappa shape index (κ1) is 15.8. The van der Waals surface area contributed by atoms with Crippen molar-refractivity contribution < 1.29 is 0 Å². The average Bonchev–Trinajstić information content (AvgIpc) is 3.02. The lowest BCUT2D eigenvalue weighted by Crippen LogP contribution is -2.13. The van der Waals surface area contributed by atoms with Gasteiger partial charge in [-0.05, 0) is 55.6 Å². The van der Waals surface area contributed by atoms with Crippen molar-refractivity contribution in [2.75, 3.05) is 11.9 Å². The first-order chi connectivity index (χ1) is 10.8. The Hall–Kier alpha value is -1.05. The molecule has 122 valence electrons. The summed E-state index contributed by atoms with van der Waals surface area (Å²) in [6.45, 7) is 3.44. The Morgan fingerprint density at radius 2 is 2.05 bits per heavy atom. The summed E-state index contributed by atoms with van der Waals surface area (Å²) in [5.41, 5.74) is 2.68. The highest BCUT2D eigenvalue weighted by Crippen LogP contribution is 2.35. The quantitative estimate of drug-likeness (QED) is 0.685. The number of aromatic nitrogens is 1. The number of nitrogens with zero attached hydrogens (tertiary/aromatic N) is 1. The van der Waals surface area contributed by atoms with E-state index in [0.717, 1.165) is 30.6 Å². The van der Waals surface area contributed by atoms with Crippen LogP contribution in [0, 0.1) is 11.8 Å². The lowest BCUT2D eigenvalue weighted by Gasteiger charge is -2.17. The van der Waals surface area contributed by atoms with Crippen LogP contribution in [0.25, 0.3) is 0 Å². The maximum atomic E-state index is 4.80. The molecule has 1 aromatic rings. The van der Waals surface area contributed by atoms with Crippen molar-refractivity contribution >= 4 is 5.82 Å². The highest BCUT2D eigenvalue weighted by Gasteiger charge is 2.22. The van der Waals surface area contributed by atoms with Crippen molar-refractivity contribution in [1.29, 1.82) is 0 Å². The molecule has 1 aliphatic heterocycles. The summed E-state index contributed by atoms with van der Waals surface area (Å²) in [4.78, 5) is 4.80. The molecule has 1 fully saturated rings. The minimum Gasteiger partial charge on any atom is -0.370 e. The van der Waals surface area contributed by atoms with Gasteiger partial charge in [0.15, 0.2) is 0 Å². The Bertz CT molecular complexity index is 469. The molecular weight excluding hydrogens is 268 g/mol. The van der Waals surface area contributed by atoms with Crippen molar-refractivity contribution in [3.63, 3.8) is 0 Å². The molecule has 2 heteroatoms. The molecule has 2 heterocycles. The van der Waals surface area contributed by atoms with Crippen LogP contribution in [-0.4, -0.2) is 11.5 Å². The number of fused-ring (bicyclic) bond motifs is 1. The third kappa shape index (κ3) is 4.24. The van der Waals surface area contributed by atoms with E-state index in [1.54, 1.807) is 0 Å². The number of unbranched alkanes of at least 4 members (excludes halogenated alkanes) is 2. The van der Waals surface area contributed by atoms with Crippen LogP contribution < -0.4 is 5.32 Å². The Morgan fingerprint density at radius 3 is 2.91 bits per heavy atom. The lowest BCUT2D eigenvalue weighted by atomic mass is 9.97. The molecule has 2 aliphatic rings. The molecule has 0 aromatic carbocycles. The Kier molecular flexibility index (Phi) is 5.75. The molecule has 0 saturated heterocycles. The lowest BCUT2D eigenvalue weighted by molar-refractivity contribution is 0.437. The predicted molar refractivity (Wildman–Crippen MR) is 94.3 cm³/mol. The van der Waals surface area contributed by atoms with Gasteiger partial charge in [0.1, 0.15) is 5.82 Å². The number of anilines is 1. The van der Waals surface area contributed by atoms with Crippen LogP contribution in [0.5, 0.6) is 0 Å². The molecule has 22 heavy (non-hydrogen) atoms. The van der Waals surface area contributed by atoms with E-state index in [0.29, 0.717) is 0 Å². The number of pyridine rings is 1. The minimum absolute atomic E-state index is 1.04. The predicted octanol–water partition coefficient (Wildman–Crippen LogP) is 5.37. The van der Waals surface area contributed by atoms with Gasteiger partial charge in [0.05, 0.1) is 0 Å². The fourth-order valence-electron chi connectivity index (χ4n) is 4.24. The first-order valence-corrected chi connectivity index (χ1v) is 9.58. The Morgan fingerprint density at radius 1 is 1.14 bits per heavy atom. The monoisotopic (exact) mass is 300 g/mol. The van der Waals surface area contributed by atoms with Crippen LogP contribution in [0.2, 0.25) is 0 Å². The fraction of sp³-hybridized carbons (Fsp3) is 0.750. The smallest absolute Gasteiger partial charge is 0.129 e. The number of rotatable bonds is 7. The third-order valence-corrected chi connectivity index (χ3v) is 5.72. The van der Waals surface area contributed by atoms with Gasteiger partial charge in [0, 0.05) is 12.2 Å². The van der Waals surface area contributed by atoms with E-state index in [-0.39, 0.29) is 0 Å². The molecule has 0 amide bonds. The summed E-state index contributed by atoms with van der Waals surface area (Å²) >= 11 is 0.